The monoisotopic (exact) mass is 254 g/mol. The molecule has 2 aromatic rings. The van der Waals surface area contributed by atoms with Gasteiger partial charge in [0.1, 0.15) is 0 Å². The molecular weight excluding hydrogens is 232 g/mol. The molecule has 0 aliphatic carbocycles. The van der Waals surface area contributed by atoms with Crippen LogP contribution in [0.15, 0.2) is 48.5 Å². The van der Waals surface area contributed by atoms with E-state index < -0.39 is 0 Å². The number of hydrogen-bond donors (Lipinski definition) is 1. The molecule has 0 saturated carbocycles. The predicted octanol–water partition coefficient (Wildman–Crippen LogP) is 3.43. The van der Waals surface area contributed by atoms with Crippen molar-refractivity contribution in [1.29, 1.82) is 0 Å². The Morgan fingerprint density at radius 2 is 1.68 bits per heavy atom. The van der Waals surface area contributed by atoms with E-state index >= 15 is 0 Å². The predicted molar refractivity (Wildman–Crippen MR) is 81.9 cm³/mol. The van der Waals surface area contributed by atoms with Crippen molar-refractivity contribution in [3.05, 3.63) is 59.7 Å². The van der Waals surface area contributed by atoms with Gasteiger partial charge in [0.2, 0.25) is 0 Å². The largest absolute Gasteiger partial charge is 0.324 e. The van der Waals surface area contributed by atoms with Crippen LogP contribution in [0, 0.1) is 0 Å². The van der Waals surface area contributed by atoms with E-state index in [9.17, 15) is 0 Å². The Labute approximate surface area is 115 Å². The molecule has 2 nitrogen and oxygen atoms in total. The topological polar surface area (TPSA) is 29.3 Å². The number of nitrogens with zero attached hydrogens (tertiary/aromatic N) is 1. The first-order valence-electron chi connectivity index (χ1n) is 6.66. The molecule has 1 atom stereocenters. The first-order valence-corrected chi connectivity index (χ1v) is 6.66. The summed E-state index contributed by atoms with van der Waals surface area (Å²) in [5.41, 5.74) is 10.9. The lowest BCUT2D eigenvalue weighted by Gasteiger charge is -2.11. The van der Waals surface area contributed by atoms with Crippen LogP contribution in [-0.4, -0.2) is 19.0 Å². The molecule has 0 amide bonds. The maximum absolute atomic E-state index is 5.88. The van der Waals surface area contributed by atoms with Crippen molar-refractivity contribution in [2.75, 3.05) is 14.1 Å². The van der Waals surface area contributed by atoms with Gasteiger partial charge in [-0.05, 0) is 49.3 Å². The fourth-order valence-electron chi connectivity index (χ4n) is 2.19. The Bertz CT molecular complexity index is 527. The fourth-order valence-corrected chi connectivity index (χ4v) is 2.19. The summed E-state index contributed by atoms with van der Waals surface area (Å²) in [4.78, 5) is 2.18. The molecule has 2 aromatic carbocycles. The molecule has 0 aliphatic heterocycles. The van der Waals surface area contributed by atoms with Crippen molar-refractivity contribution < 1.29 is 0 Å². The van der Waals surface area contributed by atoms with E-state index in [-0.39, 0.29) is 6.04 Å². The van der Waals surface area contributed by atoms with E-state index in [0.717, 1.165) is 6.54 Å². The Hall–Kier alpha value is -1.64. The highest BCUT2D eigenvalue weighted by atomic mass is 15.0. The van der Waals surface area contributed by atoms with Crippen LogP contribution in [0.2, 0.25) is 0 Å². The lowest BCUT2D eigenvalue weighted by molar-refractivity contribution is 0.402. The van der Waals surface area contributed by atoms with Crippen LogP contribution in [0.25, 0.3) is 11.1 Å². The Balaban J connectivity index is 2.26. The van der Waals surface area contributed by atoms with Crippen molar-refractivity contribution in [3.63, 3.8) is 0 Å². The molecule has 2 heteroatoms. The van der Waals surface area contributed by atoms with Gasteiger partial charge in [-0.15, -0.1) is 0 Å². The minimum atomic E-state index is 0.0918. The summed E-state index contributed by atoms with van der Waals surface area (Å²) in [5.74, 6) is 0. The molecular formula is C17H22N2. The summed E-state index contributed by atoms with van der Waals surface area (Å²) < 4.78 is 0. The molecule has 1 unspecified atom stereocenters. The average molecular weight is 254 g/mol. The number of nitrogens with two attached hydrogens (primary N) is 1. The molecule has 0 heterocycles. The number of rotatable bonds is 4. The molecule has 2 N–H and O–H groups in total. The maximum Gasteiger partial charge on any atom is 0.0266 e. The second-order valence-electron chi connectivity index (χ2n) is 5.35. The van der Waals surface area contributed by atoms with Crippen LogP contribution < -0.4 is 5.73 Å². The second-order valence-corrected chi connectivity index (χ2v) is 5.35. The standard InChI is InChI=1S/C17H22N2/c1-13(18)15-7-9-16(10-8-15)17-6-4-5-14(11-17)12-19(2)3/h4-11,13H,12,18H2,1-3H3. The van der Waals surface area contributed by atoms with Gasteiger partial charge in [0.25, 0.3) is 0 Å². The molecule has 100 valence electrons. The summed E-state index contributed by atoms with van der Waals surface area (Å²) in [6.07, 6.45) is 0. The highest BCUT2D eigenvalue weighted by Crippen LogP contribution is 2.22. The van der Waals surface area contributed by atoms with Crippen LogP contribution in [0.1, 0.15) is 24.1 Å². The Morgan fingerprint density at radius 1 is 1.00 bits per heavy atom. The molecule has 0 saturated heterocycles. The molecule has 0 radical (unpaired) electrons. The summed E-state index contributed by atoms with van der Waals surface area (Å²) >= 11 is 0. The van der Waals surface area contributed by atoms with Gasteiger partial charge >= 0.3 is 0 Å². The first kappa shape index (κ1) is 13.8. The average Bonchev–Trinajstić information content (AvgIpc) is 2.38. The summed E-state index contributed by atoms with van der Waals surface area (Å²) in [5, 5.41) is 0. The zero-order valence-electron chi connectivity index (χ0n) is 11.9. The highest BCUT2D eigenvalue weighted by molar-refractivity contribution is 5.64. The summed E-state index contributed by atoms with van der Waals surface area (Å²) in [6, 6.07) is 17.3. The lowest BCUT2D eigenvalue weighted by Crippen LogP contribution is -2.10. The van der Waals surface area contributed by atoms with Crippen LogP contribution in [-0.2, 0) is 6.54 Å². The van der Waals surface area contributed by atoms with E-state index in [0.29, 0.717) is 0 Å². The quantitative estimate of drug-likeness (QED) is 0.905. The molecule has 19 heavy (non-hydrogen) atoms. The van der Waals surface area contributed by atoms with Crippen LogP contribution >= 0.6 is 0 Å². The van der Waals surface area contributed by atoms with Crippen molar-refractivity contribution in [3.8, 4) is 11.1 Å². The fraction of sp³-hybridized carbons (Fsp3) is 0.294. The van der Waals surface area contributed by atoms with Crippen molar-refractivity contribution in [1.82, 2.24) is 4.90 Å². The molecule has 0 aliphatic rings. The molecule has 0 bridgehead atoms. The second kappa shape index (κ2) is 6.00. The van der Waals surface area contributed by atoms with E-state index in [4.69, 9.17) is 5.73 Å². The third-order valence-electron chi connectivity index (χ3n) is 3.20. The minimum absolute atomic E-state index is 0.0918. The van der Waals surface area contributed by atoms with E-state index in [1.54, 1.807) is 0 Å². The van der Waals surface area contributed by atoms with Crippen molar-refractivity contribution in [2.24, 2.45) is 5.73 Å². The van der Waals surface area contributed by atoms with Crippen LogP contribution in [0.5, 0.6) is 0 Å². The molecule has 0 aromatic heterocycles. The normalized spacial score (nSPS) is 12.7. The van der Waals surface area contributed by atoms with Crippen LogP contribution in [0.3, 0.4) is 0 Å². The van der Waals surface area contributed by atoms with Gasteiger partial charge in [-0.3, -0.25) is 0 Å². The Morgan fingerprint density at radius 3 is 2.26 bits per heavy atom. The van der Waals surface area contributed by atoms with E-state index in [2.05, 4.69) is 67.5 Å². The Kier molecular flexibility index (Phi) is 4.35. The lowest BCUT2D eigenvalue weighted by atomic mass is 10.00. The number of benzene rings is 2. The summed E-state index contributed by atoms with van der Waals surface area (Å²) in [6.45, 7) is 2.97. The SMILES string of the molecule is CC(N)c1ccc(-c2cccc(CN(C)C)c2)cc1. The van der Waals surface area contributed by atoms with E-state index in [1.807, 2.05) is 6.92 Å². The van der Waals surface area contributed by atoms with Gasteiger partial charge in [-0.2, -0.15) is 0 Å². The number of hydrogen-bond acceptors (Lipinski definition) is 2. The van der Waals surface area contributed by atoms with Gasteiger partial charge in [0.15, 0.2) is 0 Å². The smallest absolute Gasteiger partial charge is 0.0266 e. The molecule has 2 rings (SSSR count). The highest BCUT2D eigenvalue weighted by Gasteiger charge is 2.02. The van der Waals surface area contributed by atoms with Gasteiger partial charge < -0.3 is 10.6 Å². The van der Waals surface area contributed by atoms with Crippen molar-refractivity contribution in [2.45, 2.75) is 19.5 Å². The third kappa shape index (κ3) is 3.66. The van der Waals surface area contributed by atoms with Gasteiger partial charge in [0, 0.05) is 12.6 Å². The van der Waals surface area contributed by atoms with Gasteiger partial charge in [0.05, 0.1) is 0 Å². The van der Waals surface area contributed by atoms with Crippen LogP contribution in [0.4, 0.5) is 0 Å². The van der Waals surface area contributed by atoms with Gasteiger partial charge in [-0.1, -0.05) is 42.5 Å². The minimum Gasteiger partial charge on any atom is -0.324 e. The molecule has 0 spiro atoms. The first-order chi connectivity index (χ1) is 9.06. The summed E-state index contributed by atoms with van der Waals surface area (Å²) in [7, 11) is 4.17. The molecule has 0 fully saturated rings. The van der Waals surface area contributed by atoms with Gasteiger partial charge in [-0.25, -0.2) is 0 Å². The zero-order valence-corrected chi connectivity index (χ0v) is 11.9. The van der Waals surface area contributed by atoms with E-state index in [1.165, 1.54) is 22.3 Å². The maximum atomic E-state index is 5.88. The third-order valence-corrected chi connectivity index (χ3v) is 3.20. The van der Waals surface area contributed by atoms with Crippen molar-refractivity contribution >= 4 is 0 Å². The zero-order chi connectivity index (χ0) is 13.8.